The van der Waals surface area contributed by atoms with E-state index in [4.69, 9.17) is 15.3 Å². The van der Waals surface area contributed by atoms with Crippen LogP contribution in [0.1, 0.15) is 17.5 Å². The van der Waals surface area contributed by atoms with Crippen LogP contribution in [0.15, 0.2) is 60.7 Å². The predicted octanol–water partition coefficient (Wildman–Crippen LogP) is 1.38. The molecule has 1 saturated heterocycles. The third-order valence-corrected chi connectivity index (χ3v) is 4.64. The lowest BCUT2D eigenvalue weighted by atomic mass is 10.1. The highest BCUT2D eigenvalue weighted by Crippen LogP contribution is 2.23. The number of methoxy groups -OCH3 is 1. The zero-order valence-corrected chi connectivity index (χ0v) is 15.8. The van der Waals surface area contributed by atoms with E-state index in [1.807, 2.05) is 60.7 Å². The van der Waals surface area contributed by atoms with Crippen LogP contribution in [0.4, 0.5) is 0 Å². The van der Waals surface area contributed by atoms with Crippen molar-refractivity contribution < 1.29 is 19.2 Å². The molecule has 0 spiro atoms. The Morgan fingerprint density at radius 3 is 2.36 bits per heavy atom. The Balaban J connectivity index is 1.65. The van der Waals surface area contributed by atoms with Crippen LogP contribution in [-0.4, -0.2) is 42.4 Å². The molecule has 0 aliphatic carbocycles. The molecular weight excluding hydrogens is 358 g/mol. The molecule has 3 rings (SSSR count). The molecular formula is C21H25N3O4. The van der Waals surface area contributed by atoms with Crippen molar-refractivity contribution in [3.8, 4) is 0 Å². The van der Waals surface area contributed by atoms with E-state index in [0.717, 1.165) is 11.1 Å². The first-order valence-electron chi connectivity index (χ1n) is 9.22. The Morgan fingerprint density at radius 1 is 1.14 bits per heavy atom. The minimum atomic E-state index is -0.760. The second-order valence-electron chi connectivity index (χ2n) is 6.73. The normalized spacial score (nSPS) is 20.5. The Labute approximate surface area is 164 Å². The molecule has 1 aliphatic heterocycles. The Kier molecular flexibility index (Phi) is 6.76. The van der Waals surface area contributed by atoms with Gasteiger partial charge in [0.2, 0.25) is 5.91 Å². The topological polar surface area (TPSA) is 93.9 Å². The van der Waals surface area contributed by atoms with E-state index >= 15 is 0 Å². The van der Waals surface area contributed by atoms with E-state index in [-0.39, 0.29) is 5.91 Å². The third-order valence-electron chi connectivity index (χ3n) is 4.64. The zero-order valence-electron chi connectivity index (χ0n) is 15.8. The number of hydrogen-bond acceptors (Lipinski definition) is 6. The van der Waals surface area contributed by atoms with E-state index in [2.05, 4.69) is 5.32 Å². The Bertz CT molecular complexity index is 785. The van der Waals surface area contributed by atoms with Crippen molar-refractivity contribution in [3.63, 3.8) is 0 Å². The van der Waals surface area contributed by atoms with Crippen molar-refractivity contribution in [1.82, 2.24) is 10.4 Å². The quantitative estimate of drug-likeness (QED) is 0.702. The summed E-state index contributed by atoms with van der Waals surface area (Å²) in [6.45, 7) is 0.424. The smallest absolute Gasteiger partial charge is 0.337 e. The Morgan fingerprint density at radius 2 is 1.75 bits per heavy atom. The Hall–Kier alpha value is -2.74. The van der Waals surface area contributed by atoms with Crippen molar-refractivity contribution in [2.75, 3.05) is 7.11 Å². The largest absolute Gasteiger partial charge is 0.467 e. The van der Waals surface area contributed by atoms with Gasteiger partial charge in [-0.15, -0.1) is 0 Å². The van der Waals surface area contributed by atoms with Gasteiger partial charge in [0.25, 0.3) is 0 Å². The van der Waals surface area contributed by atoms with Crippen LogP contribution in [0.25, 0.3) is 0 Å². The summed E-state index contributed by atoms with van der Waals surface area (Å²) in [6, 6.07) is 18.6. The first kappa shape index (κ1) is 20.0. The van der Waals surface area contributed by atoms with E-state index < -0.39 is 24.3 Å². The molecule has 0 aromatic heterocycles. The lowest BCUT2D eigenvalue weighted by molar-refractivity contribution is -0.193. The van der Waals surface area contributed by atoms with E-state index in [9.17, 15) is 9.59 Å². The molecule has 2 aromatic carbocycles. The molecule has 3 atom stereocenters. The maximum Gasteiger partial charge on any atom is 0.337 e. The highest BCUT2D eigenvalue weighted by Gasteiger charge is 2.39. The van der Waals surface area contributed by atoms with E-state index in [1.165, 1.54) is 7.11 Å². The molecule has 0 bridgehead atoms. The number of amides is 1. The number of carbonyl (C=O) groups is 2. The highest BCUT2D eigenvalue weighted by molar-refractivity contribution is 5.82. The first-order valence-corrected chi connectivity index (χ1v) is 9.22. The summed E-state index contributed by atoms with van der Waals surface area (Å²) in [5.74, 6) is -0.760. The number of nitrogens with two attached hydrogens (primary N) is 1. The summed E-state index contributed by atoms with van der Waals surface area (Å²) in [4.78, 5) is 30.3. The standard InChI is InChI=1S/C21H25N3O4/c1-27-21(26)18-13-19(24(28-18)14-16-10-6-3-7-11-16)23-20(25)17(22)12-15-8-4-2-5-9-15/h2-11,17-19H,12-14,22H2,1H3,(H,23,25)/t17-,18+,19+/m0/s1. The molecule has 0 unspecified atom stereocenters. The van der Waals surface area contributed by atoms with Gasteiger partial charge in [-0.3, -0.25) is 9.63 Å². The molecule has 148 valence electrons. The van der Waals surface area contributed by atoms with Gasteiger partial charge >= 0.3 is 5.97 Å². The highest BCUT2D eigenvalue weighted by atomic mass is 16.7. The van der Waals surface area contributed by atoms with Crippen LogP contribution in [-0.2, 0) is 32.1 Å². The summed E-state index contributed by atoms with van der Waals surface area (Å²) in [7, 11) is 1.31. The first-order chi connectivity index (χ1) is 13.6. The second-order valence-corrected chi connectivity index (χ2v) is 6.73. The lowest BCUT2D eigenvalue weighted by Gasteiger charge is -2.24. The maximum atomic E-state index is 12.6. The number of esters is 1. The summed E-state index contributed by atoms with van der Waals surface area (Å²) >= 11 is 0. The number of hydrogen-bond donors (Lipinski definition) is 2. The average molecular weight is 383 g/mol. The fourth-order valence-corrected chi connectivity index (χ4v) is 3.14. The van der Waals surface area contributed by atoms with Crippen LogP contribution >= 0.6 is 0 Å². The summed E-state index contributed by atoms with van der Waals surface area (Å²) in [6.07, 6.45) is -0.508. The van der Waals surface area contributed by atoms with Gasteiger partial charge in [-0.25, -0.2) is 4.79 Å². The number of carbonyl (C=O) groups excluding carboxylic acids is 2. The molecule has 28 heavy (non-hydrogen) atoms. The predicted molar refractivity (Wildman–Crippen MR) is 104 cm³/mol. The minimum absolute atomic E-state index is 0.291. The minimum Gasteiger partial charge on any atom is -0.467 e. The molecule has 1 aliphatic rings. The number of nitrogens with one attached hydrogen (secondary N) is 1. The van der Waals surface area contributed by atoms with Crippen molar-refractivity contribution in [1.29, 1.82) is 0 Å². The van der Waals surface area contributed by atoms with Gasteiger partial charge in [0.05, 0.1) is 19.7 Å². The molecule has 0 saturated carbocycles. The van der Waals surface area contributed by atoms with Gasteiger partial charge in [-0.2, -0.15) is 5.06 Å². The van der Waals surface area contributed by atoms with Crippen LogP contribution in [0, 0.1) is 0 Å². The number of ether oxygens (including phenoxy) is 1. The molecule has 0 radical (unpaired) electrons. The zero-order chi connectivity index (χ0) is 19.9. The van der Waals surface area contributed by atoms with E-state index in [1.54, 1.807) is 5.06 Å². The molecule has 1 amide bonds. The third kappa shape index (κ3) is 5.16. The average Bonchev–Trinajstić information content (AvgIpc) is 3.11. The molecule has 2 aromatic rings. The number of hydroxylamine groups is 2. The van der Waals surface area contributed by atoms with Gasteiger partial charge < -0.3 is 15.8 Å². The fraction of sp³-hybridized carbons (Fsp3) is 0.333. The number of rotatable bonds is 7. The molecule has 3 N–H and O–H groups in total. The summed E-state index contributed by atoms with van der Waals surface area (Å²) < 4.78 is 4.78. The van der Waals surface area contributed by atoms with Crippen molar-refractivity contribution >= 4 is 11.9 Å². The lowest BCUT2D eigenvalue weighted by Crippen LogP contribution is -2.50. The van der Waals surface area contributed by atoms with Crippen LogP contribution in [0.2, 0.25) is 0 Å². The fourth-order valence-electron chi connectivity index (χ4n) is 3.14. The van der Waals surface area contributed by atoms with Gasteiger partial charge in [0.15, 0.2) is 6.10 Å². The maximum absolute atomic E-state index is 12.6. The van der Waals surface area contributed by atoms with Gasteiger partial charge in [0, 0.05) is 6.42 Å². The number of nitrogens with zero attached hydrogens (tertiary/aromatic N) is 1. The van der Waals surface area contributed by atoms with E-state index in [0.29, 0.717) is 19.4 Å². The second kappa shape index (κ2) is 9.45. The number of benzene rings is 2. The monoisotopic (exact) mass is 383 g/mol. The van der Waals surface area contributed by atoms with Crippen LogP contribution < -0.4 is 11.1 Å². The summed E-state index contributed by atoms with van der Waals surface area (Å²) in [5.41, 5.74) is 8.07. The molecule has 7 heteroatoms. The molecule has 7 nitrogen and oxygen atoms in total. The summed E-state index contributed by atoms with van der Waals surface area (Å²) in [5, 5.41) is 4.51. The van der Waals surface area contributed by atoms with Crippen LogP contribution in [0.3, 0.4) is 0 Å². The van der Waals surface area contributed by atoms with Crippen molar-refractivity contribution in [2.24, 2.45) is 5.73 Å². The SMILES string of the molecule is COC(=O)[C@H]1C[C@H](NC(=O)[C@@H](N)Cc2ccccc2)N(Cc2ccccc2)O1. The van der Waals surface area contributed by atoms with Gasteiger partial charge in [-0.1, -0.05) is 60.7 Å². The molecule has 1 heterocycles. The van der Waals surface area contributed by atoms with Crippen molar-refractivity contribution in [2.45, 2.75) is 37.7 Å². The van der Waals surface area contributed by atoms with Crippen LogP contribution in [0.5, 0.6) is 0 Å². The van der Waals surface area contributed by atoms with Crippen molar-refractivity contribution in [3.05, 3.63) is 71.8 Å². The molecule has 1 fully saturated rings. The van der Waals surface area contributed by atoms with Gasteiger partial charge in [-0.05, 0) is 17.5 Å². The van der Waals surface area contributed by atoms with Gasteiger partial charge in [0.1, 0.15) is 6.17 Å².